The van der Waals surface area contributed by atoms with Crippen LogP contribution in [0.15, 0.2) is 30.7 Å². The van der Waals surface area contributed by atoms with Crippen molar-refractivity contribution in [3.63, 3.8) is 0 Å². The van der Waals surface area contributed by atoms with Crippen molar-refractivity contribution in [3.05, 3.63) is 42.2 Å². The second kappa shape index (κ2) is 7.88. The number of aryl methyl sites for hydroxylation is 1. The average Bonchev–Trinajstić information content (AvgIpc) is 2.99. The first kappa shape index (κ1) is 18.6. The first-order valence-electron chi connectivity index (χ1n) is 7.66. The summed E-state index contributed by atoms with van der Waals surface area (Å²) >= 11 is 0. The summed E-state index contributed by atoms with van der Waals surface area (Å²) in [5.41, 5.74) is 2.99. The van der Waals surface area contributed by atoms with E-state index < -0.39 is 0 Å². The van der Waals surface area contributed by atoms with Crippen molar-refractivity contribution in [1.82, 2.24) is 29.7 Å². The van der Waals surface area contributed by atoms with Gasteiger partial charge in [0.25, 0.3) is 0 Å². The van der Waals surface area contributed by atoms with Crippen molar-refractivity contribution in [2.24, 2.45) is 0 Å². The Morgan fingerprint density at radius 1 is 1.21 bits per heavy atom. The Morgan fingerprint density at radius 3 is 2.88 bits per heavy atom. The highest BCUT2D eigenvalue weighted by Crippen LogP contribution is 2.25. The summed E-state index contributed by atoms with van der Waals surface area (Å²) < 4.78 is 1.96. The number of fused-ring (bicyclic) bond motifs is 1. The van der Waals surface area contributed by atoms with Crippen LogP contribution >= 0.6 is 24.8 Å². The van der Waals surface area contributed by atoms with Gasteiger partial charge in [0.2, 0.25) is 5.78 Å². The maximum Gasteiger partial charge on any atom is 0.234 e. The third-order valence-electron chi connectivity index (χ3n) is 4.12. The molecule has 8 heteroatoms. The lowest BCUT2D eigenvalue weighted by molar-refractivity contribution is 0.453. The van der Waals surface area contributed by atoms with E-state index in [1.807, 2.05) is 29.8 Å². The fraction of sp³-hybridized carbons (Fsp3) is 0.375. The van der Waals surface area contributed by atoms with Crippen molar-refractivity contribution < 1.29 is 0 Å². The van der Waals surface area contributed by atoms with E-state index >= 15 is 0 Å². The number of halogens is 2. The molecule has 4 heterocycles. The smallest absolute Gasteiger partial charge is 0.234 e. The Morgan fingerprint density at radius 2 is 2.08 bits per heavy atom. The minimum Gasteiger partial charge on any atom is -0.316 e. The number of nitrogens with one attached hydrogen (secondary N) is 1. The predicted octanol–water partition coefficient (Wildman–Crippen LogP) is 2.81. The molecule has 0 spiro atoms. The molecule has 0 amide bonds. The molecule has 0 aliphatic carbocycles. The van der Waals surface area contributed by atoms with Crippen LogP contribution in [0.4, 0.5) is 0 Å². The molecule has 24 heavy (non-hydrogen) atoms. The van der Waals surface area contributed by atoms with Gasteiger partial charge in [0.1, 0.15) is 5.82 Å². The average molecular weight is 367 g/mol. The molecule has 128 valence electrons. The van der Waals surface area contributed by atoms with Crippen LogP contribution in [0.5, 0.6) is 0 Å². The van der Waals surface area contributed by atoms with Crippen LogP contribution in [0.3, 0.4) is 0 Å². The first-order valence-corrected chi connectivity index (χ1v) is 7.66. The van der Waals surface area contributed by atoms with Crippen molar-refractivity contribution >= 4 is 30.6 Å². The van der Waals surface area contributed by atoms with Crippen LogP contribution in [0.2, 0.25) is 0 Å². The van der Waals surface area contributed by atoms with E-state index in [2.05, 4.69) is 31.3 Å². The van der Waals surface area contributed by atoms with E-state index in [0.29, 0.717) is 11.7 Å². The van der Waals surface area contributed by atoms with Gasteiger partial charge in [0.15, 0.2) is 0 Å². The van der Waals surface area contributed by atoms with Gasteiger partial charge in [0, 0.05) is 30.6 Å². The van der Waals surface area contributed by atoms with Crippen molar-refractivity contribution in [2.45, 2.75) is 25.7 Å². The van der Waals surface area contributed by atoms with Crippen molar-refractivity contribution in [2.75, 3.05) is 13.1 Å². The zero-order chi connectivity index (χ0) is 14.9. The predicted molar refractivity (Wildman–Crippen MR) is 98.1 cm³/mol. The molecule has 3 aromatic rings. The van der Waals surface area contributed by atoms with Gasteiger partial charge in [-0.2, -0.15) is 0 Å². The van der Waals surface area contributed by atoms with Crippen LogP contribution in [0.1, 0.15) is 30.3 Å². The topological polar surface area (TPSA) is 68.0 Å². The zero-order valence-electron chi connectivity index (χ0n) is 13.3. The second-order valence-electron chi connectivity index (χ2n) is 5.70. The number of rotatable bonds is 2. The van der Waals surface area contributed by atoms with E-state index in [1.165, 1.54) is 12.8 Å². The number of nitrogens with zero attached hydrogens (tertiary/aromatic N) is 5. The molecule has 0 saturated carbocycles. The Bertz CT molecular complexity index is 813. The van der Waals surface area contributed by atoms with Gasteiger partial charge >= 0.3 is 0 Å². The van der Waals surface area contributed by atoms with Gasteiger partial charge in [-0.25, -0.2) is 19.9 Å². The number of piperidine rings is 1. The maximum atomic E-state index is 4.65. The lowest BCUT2D eigenvalue weighted by Crippen LogP contribution is -2.29. The monoisotopic (exact) mass is 366 g/mol. The van der Waals surface area contributed by atoms with Crippen LogP contribution in [0.25, 0.3) is 17.2 Å². The standard InChI is InChI=1S/C16H18N6.2ClH/c1-11-20-13(12-4-2-5-17-9-12)8-14(21-11)15-10-19-16-18-6-3-7-22(15)16;;/h3,6-8,10,12,17H,2,4-5,9H2,1H3;2*1H. The molecule has 3 aromatic heterocycles. The first-order chi connectivity index (χ1) is 10.8. The fourth-order valence-corrected chi connectivity index (χ4v) is 3.05. The Balaban J connectivity index is 0.00000104. The number of aromatic nitrogens is 5. The van der Waals surface area contributed by atoms with E-state index in [0.717, 1.165) is 36.0 Å². The lowest BCUT2D eigenvalue weighted by Gasteiger charge is -2.22. The normalized spacial score (nSPS) is 17.1. The van der Waals surface area contributed by atoms with E-state index in [-0.39, 0.29) is 24.8 Å². The summed E-state index contributed by atoms with van der Waals surface area (Å²) in [7, 11) is 0. The van der Waals surface area contributed by atoms with Gasteiger partial charge in [0.05, 0.1) is 17.6 Å². The van der Waals surface area contributed by atoms with Crippen LogP contribution in [-0.4, -0.2) is 37.4 Å². The highest BCUT2D eigenvalue weighted by molar-refractivity contribution is 5.85. The second-order valence-corrected chi connectivity index (χ2v) is 5.70. The molecule has 0 radical (unpaired) electrons. The molecule has 1 atom stereocenters. The summed E-state index contributed by atoms with van der Waals surface area (Å²) in [6.45, 7) is 4.04. The highest BCUT2D eigenvalue weighted by Gasteiger charge is 2.19. The minimum absolute atomic E-state index is 0. The molecule has 1 N–H and O–H groups in total. The number of hydrogen-bond acceptors (Lipinski definition) is 5. The fourth-order valence-electron chi connectivity index (χ4n) is 3.05. The highest BCUT2D eigenvalue weighted by atomic mass is 35.5. The quantitative estimate of drug-likeness (QED) is 0.755. The van der Waals surface area contributed by atoms with Crippen LogP contribution < -0.4 is 5.32 Å². The Labute approximate surface area is 153 Å². The van der Waals surface area contributed by atoms with Crippen LogP contribution in [-0.2, 0) is 0 Å². The molecular weight excluding hydrogens is 347 g/mol. The number of imidazole rings is 1. The summed E-state index contributed by atoms with van der Waals surface area (Å²) in [4.78, 5) is 17.9. The van der Waals surface area contributed by atoms with Gasteiger partial charge < -0.3 is 5.32 Å². The molecule has 0 bridgehead atoms. The molecule has 1 aliphatic heterocycles. The SMILES string of the molecule is Cc1nc(-c2cnc3ncccn23)cc(C2CCCNC2)n1.Cl.Cl. The molecule has 0 aromatic carbocycles. The third kappa shape index (κ3) is 3.50. The van der Waals surface area contributed by atoms with E-state index in [9.17, 15) is 0 Å². The molecule has 6 nitrogen and oxygen atoms in total. The van der Waals surface area contributed by atoms with Gasteiger partial charge in [-0.15, -0.1) is 24.8 Å². The van der Waals surface area contributed by atoms with Crippen molar-refractivity contribution in [1.29, 1.82) is 0 Å². The Kier molecular flexibility index (Phi) is 6.10. The van der Waals surface area contributed by atoms with Gasteiger partial charge in [-0.3, -0.25) is 4.40 Å². The van der Waals surface area contributed by atoms with Gasteiger partial charge in [-0.1, -0.05) is 0 Å². The molecule has 1 unspecified atom stereocenters. The summed E-state index contributed by atoms with van der Waals surface area (Å²) in [5, 5.41) is 3.45. The minimum atomic E-state index is 0. The summed E-state index contributed by atoms with van der Waals surface area (Å²) in [6, 6.07) is 4.00. The lowest BCUT2D eigenvalue weighted by atomic mass is 9.95. The molecular formula is C16H20Cl2N6. The van der Waals surface area contributed by atoms with E-state index in [4.69, 9.17) is 0 Å². The maximum absolute atomic E-state index is 4.65. The molecule has 4 rings (SSSR count). The summed E-state index contributed by atoms with van der Waals surface area (Å²) in [5.74, 6) is 1.96. The zero-order valence-corrected chi connectivity index (χ0v) is 15.0. The largest absolute Gasteiger partial charge is 0.316 e. The van der Waals surface area contributed by atoms with Gasteiger partial charge in [-0.05, 0) is 38.4 Å². The number of hydrogen-bond donors (Lipinski definition) is 1. The van der Waals surface area contributed by atoms with E-state index in [1.54, 1.807) is 6.20 Å². The van der Waals surface area contributed by atoms with Crippen molar-refractivity contribution in [3.8, 4) is 11.4 Å². The molecule has 1 aliphatic rings. The summed E-state index contributed by atoms with van der Waals surface area (Å²) in [6.07, 6.45) is 7.91. The van der Waals surface area contributed by atoms with Crippen LogP contribution in [0, 0.1) is 6.92 Å². The molecule has 1 fully saturated rings. The Hall–Kier alpha value is -1.76. The third-order valence-corrected chi connectivity index (χ3v) is 4.12. The molecule has 1 saturated heterocycles.